The molecular weight excluding hydrogens is 232 g/mol. The van der Waals surface area contributed by atoms with Crippen LogP contribution in [-0.2, 0) is 4.74 Å². The Bertz CT molecular complexity index is 508. The van der Waals surface area contributed by atoms with E-state index in [9.17, 15) is 4.79 Å². The molecule has 2 rings (SSSR count). The van der Waals surface area contributed by atoms with Gasteiger partial charge in [-0.05, 0) is 12.1 Å². The molecule has 0 spiro atoms. The van der Waals surface area contributed by atoms with Crippen LogP contribution in [0.25, 0.3) is 11.4 Å². The smallest absolute Gasteiger partial charge is 0.358 e. The molecule has 0 aliphatic heterocycles. The number of aromatic amines is 1. The van der Waals surface area contributed by atoms with Crippen molar-refractivity contribution in [2.24, 2.45) is 0 Å². The highest BCUT2D eigenvalue weighted by molar-refractivity contribution is 6.30. The number of nitrogens with zero attached hydrogens (tertiary/aromatic N) is 3. The predicted octanol–water partition coefficient (Wildman–Crippen LogP) is 1.31. The number of nitrogens with one attached hydrogen (secondary N) is 1. The van der Waals surface area contributed by atoms with Crippen LogP contribution in [0.4, 0.5) is 0 Å². The van der Waals surface area contributed by atoms with Crippen molar-refractivity contribution in [3.63, 3.8) is 0 Å². The number of methoxy groups -OCH3 is 1. The monoisotopic (exact) mass is 238 g/mol. The Hall–Kier alpha value is -1.95. The fourth-order valence-electron chi connectivity index (χ4n) is 1.17. The van der Waals surface area contributed by atoms with Crippen LogP contribution >= 0.6 is 11.6 Å². The average Bonchev–Trinajstić information content (AvgIpc) is 2.78. The molecule has 0 atom stereocenters. The number of hydrogen-bond acceptors (Lipinski definition) is 5. The minimum Gasteiger partial charge on any atom is -0.464 e. The van der Waals surface area contributed by atoms with Gasteiger partial charge in [-0.1, -0.05) is 16.8 Å². The predicted molar refractivity (Wildman–Crippen MR) is 56.0 cm³/mol. The molecule has 16 heavy (non-hydrogen) atoms. The van der Waals surface area contributed by atoms with Crippen LogP contribution in [0.15, 0.2) is 18.3 Å². The molecule has 0 aliphatic rings. The van der Waals surface area contributed by atoms with E-state index in [0.29, 0.717) is 16.4 Å². The Morgan fingerprint density at radius 2 is 2.31 bits per heavy atom. The number of esters is 1. The molecule has 0 saturated heterocycles. The number of ether oxygens (including phenoxy) is 1. The molecule has 1 N–H and O–H groups in total. The fourth-order valence-corrected chi connectivity index (χ4v) is 1.28. The Kier molecular flexibility index (Phi) is 2.82. The Morgan fingerprint density at radius 3 is 2.94 bits per heavy atom. The van der Waals surface area contributed by atoms with Gasteiger partial charge in [0.25, 0.3) is 0 Å². The first-order chi connectivity index (χ1) is 7.72. The second kappa shape index (κ2) is 4.28. The molecule has 0 radical (unpaired) electrons. The summed E-state index contributed by atoms with van der Waals surface area (Å²) in [5.41, 5.74) is 0.999. The van der Waals surface area contributed by atoms with Crippen molar-refractivity contribution in [3.05, 3.63) is 29.0 Å². The summed E-state index contributed by atoms with van der Waals surface area (Å²) in [5.74, 6) is -0.545. The summed E-state index contributed by atoms with van der Waals surface area (Å²) in [6.07, 6.45) is 1.46. The van der Waals surface area contributed by atoms with Gasteiger partial charge >= 0.3 is 5.97 Å². The van der Waals surface area contributed by atoms with Crippen LogP contribution in [-0.4, -0.2) is 33.5 Å². The molecule has 0 unspecified atom stereocenters. The van der Waals surface area contributed by atoms with Crippen molar-refractivity contribution < 1.29 is 9.53 Å². The molecule has 0 aliphatic carbocycles. The lowest BCUT2D eigenvalue weighted by Crippen LogP contribution is -2.04. The van der Waals surface area contributed by atoms with Crippen molar-refractivity contribution in [2.75, 3.05) is 7.11 Å². The molecular formula is C9H7ClN4O2. The second-order valence-corrected chi connectivity index (χ2v) is 3.33. The number of aromatic nitrogens is 4. The van der Waals surface area contributed by atoms with Crippen molar-refractivity contribution in [3.8, 4) is 11.4 Å². The number of hydrogen-bond donors (Lipinski definition) is 1. The van der Waals surface area contributed by atoms with Crippen LogP contribution in [0.3, 0.4) is 0 Å². The van der Waals surface area contributed by atoms with Gasteiger partial charge in [-0.15, -0.1) is 5.10 Å². The maximum absolute atomic E-state index is 11.3. The second-order valence-electron chi connectivity index (χ2n) is 2.89. The zero-order valence-corrected chi connectivity index (χ0v) is 9.02. The standard InChI is InChI=1S/C9H7ClN4O2/c1-16-9(15)8-7(12-14-13-8)6-3-2-5(10)4-11-6/h2-4H,1H3,(H,12,13,14). The number of halogens is 1. The number of carbonyl (C=O) groups excluding carboxylic acids is 1. The zero-order chi connectivity index (χ0) is 11.5. The lowest BCUT2D eigenvalue weighted by molar-refractivity contribution is 0.0595. The van der Waals surface area contributed by atoms with E-state index < -0.39 is 5.97 Å². The van der Waals surface area contributed by atoms with E-state index >= 15 is 0 Å². The Labute approximate surface area is 95.6 Å². The van der Waals surface area contributed by atoms with Crippen LogP contribution < -0.4 is 0 Å². The maximum Gasteiger partial charge on any atom is 0.358 e. The van der Waals surface area contributed by atoms with Gasteiger partial charge in [0.05, 0.1) is 17.8 Å². The van der Waals surface area contributed by atoms with E-state index in [0.717, 1.165) is 0 Å². The highest BCUT2D eigenvalue weighted by Crippen LogP contribution is 2.19. The number of H-pyrrole nitrogens is 1. The van der Waals surface area contributed by atoms with Crippen LogP contribution in [0.1, 0.15) is 10.5 Å². The molecule has 2 aromatic heterocycles. The van der Waals surface area contributed by atoms with Gasteiger partial charge in [0.1, 0.15) is 5.69 Å². The minimum atomic E-state index is -0.545. The largest absolute Gasteiger partial charge is 0.464 e. The Morgan fingerprint density at radius 1 is 1.50 bits per heavy atom. The quantitative estimate of drug-likeness (QED) is 0.798. The van der Waals surface area contributed by atoms with Gasteiger partial charge in [-0.3, -0.25) is 10.1 Å². The highest BCUT2D eigenvalue weighted by atomic mass is 35.5. The van der Waals surface area contributed by atoms with E-state index in [1.54, 1.807) is 12.1 Å². The summed E-state index contributed by atoms with van der Waals surface area (Å²) >= 11 is 5.70. The molecule has 0 saturated carbocycles. The van der Waals surface area contributed by atoms with E-state index in [1.165, 1.54) is 13.3 Å². The lowest BCUT2D eigenvalue weighted by atomic mass is 10.2. The summed E-state index contributed by atoms with van der Waals surface area (Å²) < 4.78 is 4.58. The first kappa shape index (κ1) is 10.6. The van der Waals surface area contributed by atoms with Gasteiger partial charge in [0, 0.05) is 6.20 Å². The normalized spacial score (nSPS) is 10.1. The van der Waals surface area contributed by atoms with Gasteiger partial charge in [-0.25, -0.2) is 4.79 Å². The SMILES string of the molecule is COC(=O)c1[nH]nnc1-c1ccc(Cl)cn1. The van der Waals surface area contributed by atoms with E-state index in [2.05, 4.69) is 25.1 Å². The number of carbonyl (C=O) groups is 1. The van der Waals surface area contributed by atoms with E-state index in [-0.39, 0.29) is 5.69 Å². The summed E-state index contributed by atoms with van der Waals surface area (Å²) in [7, 11) is 1.28. The minimum absolute atomic E-state index is 0.164. The maximum atomic E-state index is 11.3. The van der Waals surface area contributed by atoms with Crippen molar-refractivity contribution in [2.45, 2.75) is 0 Å². The van der Waals surface area contributed by atoms with Gasteiger partial charge in [-0.2, -0.15) is 0 Å². The molecule has 2 heterocycles. The first-order valence-corrected chi connectivity index (χ1v) is 4.71. The molecule has 82 valence electrons. The molecule has 0 amide bonds. The third kappa shape index (κ3) is 1.87. The third-order valence-electron chi connectivity index (χ3n) is 1.91. The summed E-state index contributed by atoms with van der Waals surface area (Å²) in [4.78, 5) is 15.4. The fraction of sp³-hybridized carbons (Fsp3) is 0.111. The molecule has 2 aromatic rings. The number of rotatable bonds is 2. The summed E-state index contributed by atoms with van der Waals surface area (Å²) in [6, 6.07) is 3.30. The number of pyridine rings is 1. The Balaban J connectivity index is 2.44. The van der Waals surface area contributed by atoms with Crippen LogP contribution in [0, 0.1) is 0 Å². The highest BCUT2D eigenvalue weighted by Gasteiger charge is 2.18. The first-order valence-electron chi connectivity index (χ1n) is 4.33. The topological polar surface area (TPSA) is 80.8 Å². The van der Waals surface area contributed by atoms with Crippen molar-refractivity contribution in [1.82, 2.24) is 20.4 Å². The van der Waals surface area contributed by atoms with Gasteiger partial charge < -0.3 is 4.74 Å². The molecule has 0 aromatic carbocycles. The zero-order valence-electron chi connectivity index (χ0n) is 8.27. The molecule has 0 bridgehead atoms. The van der Waals surface area contributed by atoms with Crippen LogP contribution in [0.5, 0.6) is 0 Å². The molecule has 7 heteroatoms. The summed E-state index contributed by atoms with van der Waals surface area (Å²) in [5, 5.41) is 10.3. The molecule has 0 fully saturated rings. The summed E-state index contributed by atoms with van der Waals surface area (Å²) in [6.45, 7) is 0. The van der Waals surface area contributed by atoms with Gasteiger partial charge in [0.15, 0.2) is 5.69 Å². The molecule has 6 nitrogen and oxygen atoms in total. The average molecular weight is 239 g/mol. The lowest BCUT2D eigenvalue weighted by Gasteiger charge is -1.98. The van der Waals surface area contributed by atoms with Crippen LogP contribution in [0.2, 0.25) is 5.02 Å². The van der Waals surface area contributed by atoms with Crippen molar-refractivity contribution in [1.29, 1.82) is 0 Å². The third-order valence-corrected chi connectivity index (χ3v) is 2.13. The van der Waals surface area contributed by atoms with Crippen molar-refractivity contribution >= 4 is 17.6 Å². The van der Waals surface area contributed by atoms with E-state index in [4.69, 9.17) is 11.6 Å². The van der Waals surface area contributed by atoms with E-state index in [1.807, 2.05) is 0 Å². The van der Waals surface area contributed by atoms with Gasteiger partial charge in [0.2, 0.25) is 0 Å².